The highest BCUT2D eigenvalue weighted by Crippen LogP contribution is 2.13. The normalized spacial score (nSPS) is 12.1. The summed E-state index contributed by atoms with van der Waals surface area (Å²) in [5.41, 5.74) is -1.27. The molecule has 1 rings (SSSR count). The van der Waals surface area contributed by atoms with Crippen molar-refractivity contribution >= 4 is 29.1 Å². The van der Waals surface area contributed by atoms with Gasteiger partial charge in [0.1, 0.15) is 5.60 Å². The molecule has 1 aromatic rings. The highest BCUT2D eigenvalue weighted by Gasteiger charge is 2.28. The lowest BCUT2D eigenvalue weighted by atomic mass is 10.1. The second kappa shape index (κ2) is 5.84. The van der Waals surface area contributed by atoms with E-state index in [0.717, 1.165) is 0 Å². The van der Waals surface area contributed by atoms with Crippen LogP contribution in [0.15, 0.2) is 29.4 Å². The van der Waals surface area contributed by atoms with Crippen LogP contribution in [0.5, 0.6) is 0 Å². The molecule has 0 unspecified atom stereocenters. The molecule has 0 saturated heterocycles. The first-order chi connectivity index (χ1) is 8.74. The third kappa shape index (κ3) is 4.37. The van der Waals surface area contributed by atoms with E-state index < -0.39 is 23.1 Å². The zero-order chi connectivity index (χ0) is 14.6. The van der Waals surface area contributed by atoms with Crippen molar-refractivity contribution in [3.05, 3.63) is 34.9 Å². The van der Waals surface area contributed by atoms with Crippen LogP contribution in [0, 0.1) is 0 Å². The number of nitrogens with zero attached hydrogens (tertiary/aromatic N) is 1. The van der Waals surface area contributed by atoms with Crippen molar-refractivity contribution in [2.45, 2.75) is 26.4 Å². The van der Waals surface area contributed by atoms with Crippen molar-refractivity contribution in [1.82, 2.24) is 0 Å². The summed E-state index contributed by atoms with van der Waals surface area (Å²) in [7, 11) is 0. The number of carbonyl (C=O) groups is 2. The molecular weight excluding hydrogens is 270 g/mol. The van der Waals surface area contributed by atoms with Gasteiger partial charge in [0, 0.05) is 10.6 Å². The topological polar surface area (TPSA) is 76.0 Å². The molecule has 102 valence electrons. The zero-order valence-electron chi connectivity index (χ0n) is 10.8. The quantitative estimate of drug-likeness (QED) is 0.231. The number of Topliss-reactive ketones (excluding diaryl/α,β-unsaturated/α-hetero) is 1. The Morgan fingerprint density at radius 3 is 2.16 bits per heavy atom. The minimum absolute atomic E-state index is 0.183. The van der Waals surface area contributed by atoms with Crippen molar-refractivity contribution < 1.29 is 19.5 Å². The number of hydrogen-bond acceptors (Lipinski definition) is 5. The number of benzene rings is 1. The van der Waals surface area contributed by atoms with Crippen molar-refractivity contribution in [3.63, 3.8) is 0 Å². The molecule has 0 aliphatic heterocycles. The number of hydrogen-bond donors (Lipinski definition) is 1. The van der Waals surface area contributed by atoms with Crippen LogP contribution in [0.3, 0.4) is 0 Å². The number of ketones is 1. The van der Waals surface area contributed by atoms with Gasteiger partial charge in [0.15, 0.2) is 0 Å². The molecule has 1 aromatic carbocycles. The Bertz CT molecular complexity index is 514. The molecule has 1 N–H and O–H groups in total. The molecule has 0 radical (unpaired) electrons. The number of ether oxygens (including phenoxy) is 1. The first-order valence-electron chi connectivity index (χ1n) is 5.50. The van der Waals surface area contributed by atoms with Gasteiger partial charge in [0.25, 0.3) is 0 Å². The van der Waals surface area contributed by atoms with Gasteiger partial charge in [-0.2, -0.15) is 0 Å². The van der Waals surface area contributed by atoms with E-state index >= 15 is 0 Å². The van der Waals surface area contributed by atoms with Gasteiger partial charge in [-0.1, -0.05) is 16.8 Å². The maximum absolute atomic E-state index is 12.0. The smallest absolute Gasteiger partial charge is 0.365 e. The predicted molar refractivity (Wildman–Crippen MR) is 70.8 cm³/mol. The number of esters is 1. The Labute approximate surface area is 115 Å². The summed E-state index contributed by atoms with van der Waals surface area (Å²) in [5.74, 6) is -1.71. The van der Waals surface area contributed by atoms with Gasteiger partial charge in [0.05, 0.1) is 0 Å². The van der Waals surface area contributed by atoms with Gasteiger partial charge in [-0.15, -0.1) is 0 Å². The molecule has 19 heavy (non-hydrogen) atoms. The van der Waals surface area contributed by atoms with Crippen molar-refractivity contribution in [2.24, 2.45) is 5.16 Å². The van der Waals surface area contributed by atoms with Crippen LogP contribution in [-0.4, -0.2) is 28.3 Å². The van der Waals surface area contributed by atoms with Crippen LogP contribution in [0.4, 0.5) is 0 Å². The average Bonchev–Trinajstić information content (AvgIpc) is 2.28. The van der Waals surface area contributed by atoms with Crippen LogP contribution in [0.2, 0.25) is 5.02 Å². The fourth-order valence-corrected chi connectivity index (χ4v) is 1.37. The highest BCUT2D eigenvalue weighted by atomic mass is 35.5. The van der Waals surface area contributed by atoms with Crippen molar-refractivity contribution in [3.8, 4) is 0 Å². The number of oxime groups is 1. The van der Waals surface area contributed by atoms with Gasteiger partial charge in [0.2, 0.25) is 11.5 Å². The molecule has 6 heteroatoms. The summed E-state index contributed by atoms with van der Waals surface area (Å²) in [6.45, 7) is 4.94. The maximum atomic E-state index is 12.0. The summed E-state index contributed by atoms with van der Waals surface area (Å²) < 4.78 is 4.98. The third-order valence-corrected chi connectivity index (χ3v) is 2.27. The summed E-state index contributed by atoms with van der Waals surface area (Å²) >= 11 is 5.70. The summed E-state index contributed by atoms with van der Waals surface area (Å²) in [6, 6.07) is 5.86. The molecule has 5 nitrogen and oxygen atoms in total. The summed E-state index contributed by atoms with van der Waals surface area (Å²) in [5, 5.41) is 12.0. The maximum Gasteiger partial charge on any atom is 0.365 e. The van der Waals surface area contributed by atoms with Crippen LogP contribution < -0.4 is 0 Å². The lowest BCUT2D eigenvalue weighted by Gasteiger charge is -2.19. The summed E-state index contributed by atoms with van der Waals surface area (Å²) in [6.07, 6.45) is 0. The van der Waals surface area contributed by atoms with E-state index in [1.54, 1.807) is 20.8 Å². The Hall–Kier alpha value is -1.88. The van der Waals surface area contributed by atoms with Crippen LogP contribution in [0.25, 0.3) is 0 Å². The number of halogens is 1. The van der Waals surface area contributed by atoms with Crippen LogP contribution >= 0.6 is 11.6 Å². The molecule has 0 amide bonds. The standard InChI is InChI=1S/C13H14ClNO4/c1-13(2,3)19-12(17)10(15-18)11(16)8-4-6-9(14)7-5-8/h4-7,18H,1-3H3/b15-10-. The number of carbonyl (C=O) groups excluding carboxylic acids is 2. The van der Waals surface area contributed by atoms with Crippen LogP contribution in [0.1, 0.15) is 31.1 Å². The zero-order valence-corrected chi connectivity index (χ0v) is 11.6. The van der Waals surface area contributed by atoms with E-state index in [4.69, 9.17) is 21.5 Å². The predicted octanol–water partition coefficient (Wildman–Crippen LogP) is 2.69. The third-order valence-electron chi connectivity index (χ3n) is 2.01. The van der Waals surface area contributed by atoms with E-state index in [1.165, 1.54) is 24.3 Å². The molecule has 0 aromatic heterocycles. The molecule has 0 saturated carbocycles. The van der Waals surface area contributed by atoms with Gasteiger partial charge < -0.3 is 9.94 Å². The van der Waals surface area contributed by atoms with Crippen molar-refractivity contribution in [1.29, 1.82) is 0 Å². The van der Waals surface area contributed by atoms with E-state index in [0.29, 0.717) is 5.02 Å². The Balaban J connectivity index is 2.95. The second-order valence-corrected chi connectivity index (χ2v) is 5.22. The Morgan fingerprint density at radius 1 is 1.21 bits per heavy atom. The molecule has 0 fully saturated rings. The summed E-state index contributed by atoms with van der Waals surface area (Å²) in [4.78, 5) is 23.7. The minimum atomic E-state index is -0.977. The highest BCUT2D eigenvalue weighted by molar-refractivity contribution is 6.67. The van der Waals surface area contributed by atoms with Crippen LogP contribution in [-0.2, 0) is 9.53 Å². The molecule has 0 aliphatic rings. The van der Waals surface area contributed by atoms with E-state index in [2.05, 4.69) is 5.16 Å². The van der Waals surface area contributed by atoms with Gasteiger partial charge in [-0.25, -0.2) is 4.79 Å². The van der Waals surface area contributed by atoms with Crippen molar-refractivity contribution in [2.75, 3.05) is 0 Å². The van der Waals surface area contributed by atoms with Gasteiger partial charge in [-0.05, 0) is 45.0 Å². The fourth-order valence-electron chi connectivity index (χ4n) is 1.24. The SMILES string of the molecule is CC(C)(C)OC(=O)/C(=N\O)C(=O)c1ccc(Cl)cc1. The Kier molecular flexibility index (Phi) is 4.67. The minimum Gasteiger partial charge on any atom is -0.455 e. The number of rotatable bonds is 3. The van der Waals surface area contributed by atoms with Gasteiger partial charge in [-0.3, -0.25) is 4.79 Å². The molecule has 0 bridgehead atoms. The van der Waals surface area contributed by atoms with E-state index in [-0.39, 0.29) is 5.56 Å². The molecule has 0 aliphatic carbocycles. The largest absolute Gasteiger partial charge is 0.455 e. The van der Waals surface area contributed by atoms with E-state index in [1.807, 2.05) is 0 Å². The fraction of sp³-hybridized carbons (Fsp3) is 0.308. The Morgan fingerprint density at radius 2 is 1.74 bits per heavy atom. The molecule has 0 spiro atoms. The second-order valence-electron chi connectivity index (χ2n) is 4.79. The first-order valence-corrected chi connectivity index (χ1v) is 5.88. The molecule has 0 heterocycles. The average molecular weight is 284 g/mol. The molecular formula is C13H14ClNO4. The lowest BCUT2D eigenvalue weighted by Crippen LogP contribution is -2.33. The first kappa shape index (κ1) is 15.2. The monoisotopic (exact) mass is 283 g/mol. The molecule has 0 atom stereocenters. The lowest BCUT2D eigenvalue weighted by molar-refractivity contribution is -0.146. The van der Waals surface area contributed by atoms with E-state index in [9.17, 15) is 9.59 Å². The van der Waals surface area contributed by atoms with Gasteiger partial charge >= 0.3 is 5.97 Å².